The molecular weight excluding hydrogens is 286 g/mol. The molecule has 2 rings (SSSR count). The number of alkyl halides is 3. The number of phenols is 1. The summed E-state index contributed by atoms with van der Waals surface area (Å²) in [5.74, 6) is -0.545. The van der Waals surface area contributed by atoms with Crippen LogP contribution in [0.5, 0.6) is 5.75 Å². The number of rotatable bonds is 4. The first-order valence-corrected chi connectivity index (χ1v) is 6.20. The summed E-state index contributed by atoms with van der Waals surface area (Å²) in [5, 5.41) is 12.4. The molecule has 21 heavy (non-hydrogen) atoms. The predicted molar refractivity (Wildman–Crippen MR) is 70.1 cm³/mol. The smallest absolute Gasteiger partial charge is 0.416 e. The quantitative estimate of drug-likeness (QED) is 0.841. The highest BCUT2D eigenvalue weighted by molar-refractivity contribution is 5.32. The van der Waals surface area contributed by atoms with Gasteiger partial charge in [0.2, 0.25) is 0 Å². The second-order valence-electron chi connectivity index (χ2n) is 4.57. The molecule has 0 aliphatic carbocycles. The molecule has 0 atom stereocenters. The van der Waals surface area contributed by atoms with E-state index >= 15 is 0 Å². The number of phenolic OH excluding ortho intramolecular Hbond substituents is 1. The summed E-state index contributed by atoms with van der Waals surface area (Å²) in [5.41, 5.74) is 0.0955. The average Bonchev–Trinajstić information content (AvgIpc) is 2.42. The molecule has 2 aromatic carbocycles. The maximum absolute atomic E-state index is 13.0. The van der Waals surface area contributed by atoms with E-state index in [9.17, 15) is 22.7 Å². The highest BCUT2D eigenvalue weighted by Gasteiger charge is 2.30. The standard InChI is InChI=1S/C15H13F4NO/c16-13-4-5-14(21)11(7-13)9-20-8-10-2-1-3-12(6-10)15(17,18)19/h1-7,20-21H,8-9H2. The van der Waals surface area contributed by atoms with Gasteiger partial charge in [0.1, 0.15) is 11.6 Å². The lowest BCUT2D eigenvalue weighted by molar-refractivity contribution is -0.137. The molecule has 0 bridgehead atoms. The normalized spacial score (nSPS) is 11.6. The topological polar surface area (TPSA) is 32.3 Å². The van der Waals surface area contributed by atoms with Gasteiger partial charge in [0.05, 0.1) is 5.56 Å². The molecular formula is C15H13F4NO. The van der Waals surface area contributed by atoms with E-state index in [1.165, 1.54) is 18.2 Å². The molecule has 0 amide bonds. The molecule has 2 nitrogen and oxygen atoms in total. The zero-order valence-electron chi connectivity index (χ0n) is 10.9. The Morgan fingerprint density at radius 1 is 1.00 bits per heavy atom. The Hall–Kier alpha value is -2.08. The lowest BCUT2D eigenvalue weighted by Gasteiger charge is -2.10. The van der Waals surface area contributed by atoms with Crippen LogP contribution in [0.4, 0.5) is 17.6 Å². The van der Waals surface area contributed by atoms with Crippen LogP contribution < -0.4 is 5.32 Å². The fourth-order valence-electron chi connectivity index (χ4n) is 1.89. The van der Waals surface area contributed by atoms with E-state index in [1.807, 2.05) is 0 Å². The maximum Gasteiger partial charge on any atom is 0.416 e. The van der Waals surface area contributed by atoms with Crippen molar-refractivity contribution in [2.45, 2.75) is 19.3 Å². The van der Waals surface area contributed by atoms with Gasteiger partial charge >= 0.3 is 6.18 Å². The lowest BCUT2D eigenvalue weighted by Crippen LogP contribution is -2.14. The molecule has 0 radical (unpaired) electrons. The molecule has 2 aromatic rings. The largest absolute Gasteiger partial charge is 0.508 e. The third-order valence-corrected chi connectivity index (χ3v) is 2.94. The fourth-order valence-corrected chi connectivity index (χ4v) is 1.89. The minimum absolute atomic E-state index is 0.0621. The molecule has 0 saturated carbocycles. The van der Waals surface area contributed by atoms with E-state index in [0.29, 0.717) is 11.1 Å². The summed E-state index contributed by atoms with van der Waals surface area (Å²) in [6, 6.07) is 8.49. The van der Waals surface area contributed by atoms with Crippen LogP contribution in [0.25, 0.3) is 0 Å². The van der Waals surface area contributed by atoms with E-state index in [1.54, 1.807) is 6.07 Å². The number of halogens is 4. The van der Waals surface area contributed by atoms with Gasteiger partial charge < -0.3 is 10.4 Å². The van der Waals surface area contributed by atoms with Crippen LogP contribution in [0, 0.1) is 5.82 Å². The van der Waals surface area contributed by atoms with Crippen molar-refractivity contribution < 1.29 is 22.7 Å². The highest BCUT2D eigenvalue weighted by atomic mass is 19.4. The highest BCUT2D eigenvalue weighted by Crippen LogP contribution is 2.29. The van der Waals surface area contributed by atoms with Gasteiger partial charge in [-0.05, 0) is 29.8 Å². The Kier molecular flexibility index (Phi) is 4.47. The average molecular weight is 299 g/mol. The second-order valence-corrected chi connectivity index (χ2v) is 4.57. The molecule has 2 N–H and O–H groups in total. The molecule has 0 aliphatic rings. The van der Waals surface area contributed by atoms with Gasteiger partial charge in [-0.2, -0.15) is 13.2 Å². The molecule has 0 aromatic heterocycles. The number of hydrogen-bond acceptors (Lipinski definition) is 2. The van der Waals surface area contributed by atoms with E-state index in [-0.39, 0.29) is 18.8 Å². The zero-order chi connectivity index (χ0) is 15.5. The fraction of sp³-hybridized carbons (Fsp3) is 0.200. The minimum Gasteiger partial charge on any atom is -0.508 e. The molecule has 112 valence electrons. The van der Waals surface area contributed by atoms with Crippen LogP contribution in [-0.2, 0) is 19.3 Å². The van der Waals surface area contributed by atoms with Crippen LogP contribution >= 0.6 is 0 Å². The van der Waals surface area contributed by atoms with Gasteiger partial charge in [-0.3, -0.25) is 0 Å². The summed E-state index contributed by atoms with van der Waals surface area (Å²) in [6.07, 6.45) is -4.38. The first-order chi connectivity index (χ1) is 9.86. The Morgan fingerprint density at radius 3 is 2.48 bits per heavy atom. The Morgan fingerprint density at radius 2 is 1.76 bits per heavy atom. The van der Waals surface area contributed by atoms with Crippen molar-refractivity contribution in [3.63, 3.8) is 0 Å². The summed E-state index contributed by atoms with van der Waals surface area (Å²) in [4.78, 5) is 0. The number of nitrogens with one attached hydrogen (secondary N) is 1. The van der Waals surface area contributed by atoms with Gasteiger partial charge in [0.15, 0.2) is 0 Å². The molecule has 0 spiro atoms. The Bertz CT molecular complexity index is 625. The summed E-state index contributed by atoms with van der Waals surface area (Å²) in [7, 11) is 0. The first-order valence-electron chi connectivity index (χ1n) is 6.20. The third kappa shape index (κ3) is 4.19. The lowest BCUT2D eigenvalue weighted by atomic mass is 10.1. The molecule has 0 unspecified atom stereocenters. The van der Waals surface area contributed by atoms with Gasteiger partial charge in [-0.15, -0.1) is 0 Å². The van der Waals surface area contributed by atoms with Crippen molar-refractivity contribution in [2.75, 3.05) is 0 Å². The Balaban J connectivity index is 1.99. The van der Waals surface area contributed by atoms with Crippen molar-refractivity contribution in [1.82, 2.24) is 5.32 Å². The summed E-state index contributed by atoms with van der Waals surface area (Å²) >= 11 is 0. The monoisotopic (exact) mass is 299 g/mol. The van der Waals surface area contributed by atoms with E-state index in [0.717, 1.165) is 18.2 Å². The van der Waals surface area contributed by atoms with Crippen LogP contribution in [0.2, 0.25) is 0 Å². The predicted octanol–water partition coefficient (Wildman–Crippen LogP) is 3.84. The number of aromatic hydroxyl groups is 1. The molecule has 0 fully saturated rings. The van der Waals surface area contributed by atoms with Gasteiger partial charge in [0.25, 0.3) is 0 Å². The van der Waals surface area contributed by atoms with Crippen LogP contribution in [0.3, 0.4) is 0 Å². The van der Waals surface area contributed by atoms with Crippen LogP contribution in [0.1, 0.15) is 16.7 Å². The van der Waals surface area contributed by atoms with Gasteiger partial charge in [0, 0.05) is 18.7 Å². The van der Waals surface area contributed by atoms with Crippen molar-refractivity contribution in [3.8, 4) is 5.75 Å². The third-order valence-electron chi connectivity index (χ3n) is 2.94. The Labute approximate surface area is 119 Å². The SMILES string of the molecule is Oc1ccc(F)cc1CNCc1cccc(C(F)(F)F)c1. The van der Waals surface area contributed by atoms with E-state index in [4.69, 9.17) is 0 Å². The van der Waals surface area contributed by atoms with Gasteiger partial charge in [-0.1, -0.05) is 18.2 Å². The number of benzene rings is 2. The summed E-state index contributed by atoms with van der Waals surface area (Å²) in [6.45, 7) is 0.333. The number of hydrogen-bond donors (Lipinski definition) is 2. The van der Waals surface area contributed by atoms with Crippen molar-refractivity contribution in [1.29, 1.82) is 0 Å². The van der Waals surface area contributed by atoms with Crippen molar-refractivity contribution in [3.05, 3.63) is 65.0 Å². The second kappa shape index (κ2) is 6.13. The molecule has 0 heterocycles. The van der Waals surface area contributed by atoms with Crippen molar-refractivity contribution in [2.24, 2.45) is 0 Å². The first kappa shape index (κ1) is 15.3. The van der Waals surface area contributed by atoms with Crippen LogP contribution in [-0.4, -0.2) is 5.11 Å². The van der Waals surface area contributed by atoms with Crippen LogP contribution in [0.15, 0.2) is 42.5 Å². The van der Waals surface area contributed by atoms with Crippen molar-refractivity contribution >= 4 is 0 Å². The molecule has 0 aliphatic heterocycles. The van der Waals surface area contributed by atoms with E-state index < -0.39 is 17.6 Å². The molecule has 6 heteroatoms. The molecule has 0 saturated heterocycles. The maximum atomic E-state index is 13.0. The minimum atomic E-state index is -4.38. The summed E-state index contributed by atoms with van der Waals surface area (Å²) < 4.78 is 50.7. The van der Waals surface area contributed by atoms with E-state index in [2.05, 4.69) is 5.32 Å². The zero-order valence-corrected chi connectivity index (χ0v) is 10.9. The van der Waals surface area contributed by atoms with Gasteiger partial charge in [-0.25, -0.2) is 4.39 Å².